The first-order valence-corrected chi connectivity index (χ1v) is 6.04. The molecule has 0 spiro atoms. The molecule has 0 atom stereocenters. The van der Waals surface area contributed by atoms with E-state index >= 15 is 0 Å². The molecule has 4 heteroatoms. The molecule has 0 aliphatic heterocycles. The van der Waals surface area contributed by atoms with Gasteiger partial charge in [-0.05, 0) is 18.6 Å². The summed E-state index contributed by atoms with van der Waals surface area (Å²) in [5, 5.41) is 0. The van der Waals surface area contributed by atoms with Crippen molar-refractivity contribution in [3.63, 3.8) is 0 Å². The summed E-state index contributed by atoms with van der Waals surface area (Å²) in [5.74, 6) is 0.687. The van der Waals surface area contributed by atoms with E-state index in [9.17, 15) is 0 Å². The maximum absolute atomic E-state index is 5.62. The van der Waals surface area contributed by atoms with Gasteiger partial charge >= 0.3 is 0 Å². The summed E-state index contributed by atoms with van der Waals surface area (Å²) in [4.78, 5) is 4.38. The first-order valence-electron chi connectivity index (χ1n) is 5.63. The van der Waals surface area contributed by atoms with Gasteiger partial charge in [0.25, 0.3) is 0 Å². The number of pyridine rings is 1. The van der Waals surface area contributed by atoms with Crippen molar-refractivity contribution in [3.05, 3.63) is 24.0 Å². The second-order valence-corrected chi connectivity index (χ2v) is 4.06. The second-order valence-electron chi connectivity index (χ2n) is 3.62. The van der Waals surface area contributed by atoms with E-state index in [2.05, 4.69) is 11.9 Å². The number of nitrogens with zero attached hydrogens (tertiary/aromatic N) is 1. The van der Waals surface area contributed by atoms with E-state index < -0.39 is 0 Å². The molecule has 0 amide bonds. The zero-order valence-electron chi connectivity index (χ0n) is 9.61. The predicted octanol–water partition coefficient (Wildman–Crippen LogP) is 2.67. The molecular formula is C12H18N2OS. The highest BCUT2D eigenvalue weighted by Crippen LogP contribution is 2.15. The smallest absolute Gasteiger partial charge is 0.147 e. The molecule has 0 fully saturated rings. The van der Waals surface area contributed by atoms with Crippen LogP contribution in [0.1, 0.15) is 38.3 Å². The Hall–Kier alpha value is -1.16. The third-order valence-corrected chi connectivity index (χ3v) is 2.45. The van der Waals surface area contributed by atoms with Gasteiger partial charge in [-0.2, -0.15) is 0 Å². The third kappa shape index (κ3) is 4.14. The number of unbranched alkanes of at least 4 members (excludes halogenated alkanes) is 3. The molecule has 1 aromatic rings. The fourth-order valence-corrected chi connectivity index (χ4v) is 1.56. The maximum atomic E-state index is 5.62. The molecular weight excluding hydrogens is 220 g/mol. The van der Waals surface area contributed by atoms with Crippen molar-refractivity contribution >= 4 is 17.2 Å². The average molecular weight is 238 g/mol. The van der Waals surface area contributed by atoms with Crippen LogP contribution in [0.3, 0.4) is 0 Å². The van der Waals surface area contributed by atoms with Gasteiger partial charge in [-0.1, -0.05) is 38.4 Å². The van der Waals surface area contributed by atoms with Crippen LogP contribution in [-0.2, 0) is 0 Å². The van der Waals surface area contributed by atoms with Crippen LogP contribution < -0.4 is 10.5 Å². The van der Waals surface area contributed by atoms with E-state index in [1.807, 2.05) is 12.1 Å². The van der Waals surface area contributed by atoms with Gasteiger partial charge in [0.05, 0.1) is 6.61 Å². The molecule has 0 radical (unpaired) electrons. The topological polar surface area (TPSA) is 48.1 Å². The molecule has 0 aliphatic rings. The van der Waals surface area contributed by atoms with E-state index in [-0.39, 0.29) is 4.99 Å². The van der Waals surface area contributed by atoms with Gasteiger partial charge < -0.3 is 10.5 Å². The molecule has 1 rings (SSSR count). The molecule has 3 nitrogen and oxygen atoms in total. The average Bonchev–Trinajstić information content (AvgIpc) is 2.29. The molecule has 1 aromatic heterocycles. The van der Waals surface area contributed by atoms with Crippen LogP contribution in [0.5, 0.6) is 5.75 Å². The fourth-order valence-electron chi connectivity index (χ4n) is 1.40. The number of aromatic nitrogens is 1. The standard InChI is InChI=1S/C12H18N2OS/c1-2-3-4-5-9-15-10-7-6-8-14-11(10)12(13)16/h6-8H,2-5,9H2,1H3,(H2,13,16). The Morgan fingerprint density at radius 2 is 2.25 bits per heavy atom. The van der Waals surface area contributed by atoms with Gasteiger partial charge in [-0.3, -0.25) is 0 Å². The van der Waals surface area contributed by atoms with Gasteiger partial charge in [0, 0.05) is 6.20 Å². The lowest BCUT2D eigenvalue weighted by Crippen LogP contribution is -2.14. The molecule has 0 aliphatic carbocycles. The highest BCUT2D eigenvalue weighted by Gasteiger charge is 2.06. The van der Waals surface area contributed by atoms with Crippen LogP contribution in [0.25, 0.3) is 0 Å². The summed E-state index contributed by atoms with van der Waals surface area (Å²) in [7, 11) is 0. The Kier molecular flexibility index (Phi) is 5.78. The quantitative estimate of drug-likeness (QED) is 0.586. The minimum Gasteiger partial charge on any atom is -0.491 e. The molecule has 0 aromatic carbocycles. The summed E-state index contributed by atoms with van der Waals surface area (Å²) in [5.41, 5.74) is 6.13. The second kappa shape index (κ2) is 7.17. The Morgan fingerprint density at radius 3 is 2.94 bits per heavy atom. The van der Waals surface area contributed by atoms with Crippen LogP contribution in [0.2, 0.25) is 0 Å². The summed E-state index contributed by atoms with van der Waals surface area (Å²) >= 11 is 4.91. The van der Waals surface area contributed by atoms with Crippen molar-refractivity contribution in [2.24, 2.45) is 5.73 Å². The molecule has 88 valence electrons. The summed E-state index contributed by atoms with van der Waals surface area (Å²) < 4.78 is 5.62. The van der Waals surface area contributed by atoms with Crippen molar-refractivity contribution in [2.75, 3.05) is 6.61 Å². The Morgan fingerprint density at radius 1 is 1.44 bits per heavy atom. The molecule has 16 heavy (non-hydrogen) atoms. The van der Waals surface area contributed by atoms with Crippen LogP contribution in [-0.4, -0.2) is 16.6 Å². The number of ether oxygens (including phenoxy) is 1. The minimum atomic E-state index is 0.282. The monoisotopic (exact) mass is 238 g/mol. The minimum absolute atomic E-state index is 0.282. The van der Waals surface area contributed by atoms with E-state index in [1.165, 1.54) is 19.3 Å². The van der Waals surface area contributed by atoms with Crippen molar-refractivity contribution in [1.29, 1.82) is 0 Å². The first kappa shape index (κ1) is 12.9. The fraction of sp³-hybridized carbons (Fsp3) is 0.500. The van der Waals surface area contributed by atoms with E-state index in [1.54, 1.807) is 6.20 Å². The number of rotatable bonds is 7. The van der Waals surface area contributed by atoms with E-state index in [0.29, 0.717) is 18.1 Å². The van der Waals surface area contributed by atoms with Gasteiger partial charge in [-0.25, -0.2) is 4.98 Å². The summed E-state index contributed by atoms with van der Waals surface area (Å²) in [6.07, 6.45) is 6.39. The SMILES string of the molecule is CCCCCCOc1cccnc1C(N)=S. The van der Waals surface area contributed by atoms with Gasteiger partial charge in [0.15, 0.2) is 0 Å². The van der Waals surface area contributed by atoms with E-state index in [4.69, 9.17) is 22.7 Å². The molecule has 2 N–H and O–H groups in total. The van der Waals surface area contributed by atoms with Crippen LogP contribution >= 0.6 is 12.2 Å². The first-order chi connectivity index (χ1) is 7.75. The van der Waals surface area contributed by atoms with Crippen molar-refractivity contribution < 1.29 is 4.74 Å². The van der Waals surface area contributed by atoms with Gasteiger partial charge in [-0.15, -0.1) is 0 Å². The molecule has 0 saturated carbocycles. The lowest BCUT2D eigenvalue weighted by Gasteiger charge is -2.09. The Bertz CT molecular complexity index is 342. The normalized spacial score (nSPS) is 10.1. The number of thiocarbonyl (C=S) groups is 1. The number of nitrogens with two attached hydrogens (primary N) is 1. The zero-order chi connectivity index (χ0) is 11.8. The highest BCUT2D eigenvalue weighted by molar-refractivity contribution is 7.80. The van der Waals surface area contributed by atoms with E-state index in [0.717, 1.165) is 6.42 Å². The Balaban J connectivity index is 2.44. The van der Waals surface area contributed by atoms with Crippen molar-refractivity contribution in [3.8, 4) is 5.75 Å². The number of hydrogen-bond donors (Lipinski definition) is 1. The molecule has 0 unspecified atom stereocenters. The summed E-state index contributed by atoms with van der Waals surface area (Å²) in [6, 6.07) is 3.67. The molecule has 0 saturated heterocycles. The third-order valence-electron chi connectivity index (χ3n) is 2.26. The van der Waals surface area contributed by atoms with Crippen molar-refractivity contribution in [1.82, 2.24) is 4.98 Å². The van der Waals surface area contributed by atoms with Crippen molar-refractivity contribution in [2.45, 2.75) is 32.6 Å². The zero-order valence-corrected chi connectivity index (χ0v) is 10.4. The lowest BCUT2D eigenvalue weighted by molar-refractivity contribution is 0.303. The molecule has 1 heterocycles. The summed E-state index contributed by atoms with van der Waals surface area (Å²) in [6.45, 7) is 2.88. The highest BCUT2D eigenvalue weighted by atomic mass is 32.1. The largest absolute Gasteiger partial charge is 0.491 e. The van der Waals surface area contributed by atoms with Crippen LogP contribution in [0.15, 0.2) is 18.3 Å². The lowest BCUT2D eigenvalue weighted by atomic mass is 10.2. The maximum Gasteiger partial charge on any atom is 0.147 e. The predicted molar refractivity (Wildman–Crippen MR) is 69.8 cm³/mol. The van der Waals surface area contributed by atoms with Crippen LogP contribution in [0, 0.1) is 0 Å². The Labute approximate surface area is 102 Å². The number of hydrogen-bond acceptors (Lipinski definition) is 3. The van der Waals surface area contributed by atoms with Gasteiger partial charge in [0.1, 0.15) is 16.4 Å². The van der Waals surface area contributed by atoms with Crippen LogP contribution in [0.4, 0.5) is 0 Å². The molecule has 0 bridgehead atoms. The van der Waals surface area contributed by atoms with Gasteiger partial charge in [0.2, 0.25) is 0 Å².